The molecule has 2 rings (SSSR count). The van der Waals surface area contributed by atoms with Gasteiger partial charge in [0.1, 0.15) is 0 Å². The standard InChI is InChI=1S/C10H17BrO/c11-9-6-1-2-7-10(9)12-8-4-3-5-8/h8-10H,1-7H2. The van der Waals surface area contributed by atoms with Gasteiger partial charge in [0.25, 0.3) is 0 Å². The Morgan fingerprint density at radius 3 is 2.25 bits per heavy atom. The van der Waals surface area contributed by atoms with Gasteiger partial charge in [-0.2, -0.15) is 0 Å². The zero-order chi connectivity index (χ0) is 8.39. The average Bonchev–Trinajstić information content (AvgIpc) is 2.00. The number of hydrogen-bond donors (Lipinski definition) is 0. The highest BCUT2D eigenvalue weighted by atomic mass is 79.9. The fourth-order valence-corrected chi connectivity index (χ4v) is 2.67. The van der Waals surface area contributed by atoms with E-state index in [1.807, 2.05) is 0 Å². The van der Waals surface area contributed by atoms with Crippen LogP contribution in [0.2, 0.25) is 0 Å². The van der Waals surface area contributed by atoms with Crippen molar-refractivity contribution < 1.29 is 4.74 Å². The van der Waals surface area contributed by atoms with E-state index in [4.69, 9.17) is 4.74 Å². The van der Waals surface area contributed by atoms with Crippen LogP contribution in [0.4, 0.5) is 0 Å². The Morgan fingerprint density at radius 2 is 1.67 bits per heavy atom. The lowest BCUT2D eigenvalue weighted by Gasteiger charge is -2.35. The van der Waals surface area contributed by atoms with E-state index in [9.17, 15) is 0 Å². The minimum absolute atomic E-state index is 0.518. The molecule has 0 aromatic carbocycles. The molecule has 0 aromatic heterocycles. The second kappa shape index (κ2) is 4.10. The van der Waals surface area contributed by atoms with E-state index in [2.05, 4.69) is 15.9 Å². The Balaban J connectivity index is 1.76. The van der Waals surface area contributed by atoms with Crippen LogP contribution >= 0.6 is 15.9 Å². The normalized spacial score (nSPS) is 37.8. The quantitative estimate of drug-likeness (QED) is 0.665. The first-order chi connectivity index (χ1) is 5.86. The monoisotopic (exact) mass is 232 g/mol. The van der Waals surface area contributed by atoms with E-state index in [0.29, 0.717) is 17.0 Å². The van der Waals surface area contributed by atoms with E-state index < -0.39 is 0 Å². The van der Waals surface area contributed by atoms with Gasteiger partial charge in [-0.25, -0.2) is 0 Å². The first-order valence-electron chi connectivity index (χ1n) is 5.16. The van der Waals surface area contributed by atoms with Gasteiger partial charge in [0.05, 0.1) is 12.2 Å². The summed E-state index contributed by atoms with van der Waals surface area (Å²) in [6.45, 7) is 0. The number of rotatable bonds is 2. The van der Waals surface area contributed by atoms with E-state index in [1.165, 1.54) is 44.9 Å². The summed E-state index contributed by atoms with van der Waals surface area (Å²) < 4.78 is 5.99. The minimum atomic E-state index is 0.518. The molecule has 2 heteroatoms. The number of halogens is 1. The molecule has 0 aliphatic heterocycles. The van der Waals surface area contributed by atoms with Crippen LogP contribution in [0, 0.1) is 0 Å². The second-order valence-corrected chi connectivity index (χ2v) is 5.20. The summed E-state index contributed by atoms with van der Waals surface area (Å²) in [7, 11) is 0. The van der Waals surface area contributed by atoms with Crippen molar-refractivity contribution in [1.82, 2.24) is 0 Å². The lowest BCUT2D eigenvalue weighted by atomic mass is 9.93. The number of hydrogen-bond acceptors (Lipinski definition) is 1. The summed E-state index contributed by atoms with van der Waals surface area (Å²) in [5.74, 6) is 0. The van der Waals surface area contributed by atoms with Gasteiger partial charge in [0.15, 0.2) is 0 Å². The van der Waals surface area contributed by atoms with Gasteiger partial charge >= 0.3 is 0 Å². The molecule has 70 valence electrons. The van der Waals surface area contributed by atoms with Crippen molar-refractivity contribution in [1.29, 1.82) is 0 Å². The highest BCUT2D eigenvalue weighted by molar-refractivity contribution is 9.09. The fourth-order valence-electron chi connectivity index (χ4n) is 1.96. The lowest BCUT2D eigenvalue weighted by Crippen LogP contribution is -2.35. The van der Waals surface area contributed by atoms with E-state index in [1.54, 1.807) is 0 Å². The molecule has 0 bridgehead atoms. The molecule has 2 aliphatic carbocycles. The molecule has 12 heavy (non-hydrogen) atoms. The zero-order valence-electron chi connectivity index (χ0n) is 7.47. The maximum atomic E-state index is 5.99. The first-order valence-corrected chi connectivity index (χ1v) is 6.07. The molecule has 2 unspecified atom stereocenters. The fraction of sp³-hybridized carbons (Fsp3) is 1.00. The maximum Gasteiger partial charge on any atom is 0.0703 e. The van der Waals surface area contributed by atoms with Crippen LogP contribution in [0.1, 0.15) is 44.9 Å². The Bertz CT molecular complexity index is 145. The molecule has 0 amide bonds. The zero-order valence-corrected chi connectivity index (χ0v) is 9.05. The molecular formula is C10H17BrO. The summed E-state index contributed by atoms with van der Waals surface area (Å²) in [5, 5.41) is 0. The summed E-state index contributed by atoms with van der Waals surface area (Å²) in [6.07, 6.45) is 10.4. The van der Waals surface area contributed by atoms with Crippen molar-refractivity contribution in [2.45, 2.75) is 62.0 Å². The van der Waals surface area contributed by atoms with Gasteiger partial charge in [0.2, 0.25) is 0 Å². The Kier molecular flexibility index (Phi) is 3.08. The summed E-state index contributed by atoms with van der Waals surface area (Å²) in [5.41, 5.74) is 0. The van der Waals surface area contributed by atoms with E-state index in [-0.39, 0.29) is 0 Å². The summed E-state index contributed by atoms with van der Waals surface area (Å²) >= 11 is 3.71. The summed E-state index contributed by atoms with van der Waals surface area (Å²) in [4.78, 5) is 0.631. The van der Waals surface area contributed by atoms with Crippen LogP contribution in [0.3, 0.4) is 0 Å². The predicted octanol–water partition coefficient (Wildman–Crippen LogP) is 3.26. The highest BCUT2D eigenvalue weighted by Crippen LogP contribution is 2.31. The molecule has 0 heterocycles. The van der Waals surface area contributed by atoms with Gasteiger partial charge in [-0.1, -0.05) is 28.8 Å². The molecule has 0 spiro atoms. The van der Waals surface area contributed by atoms with Crippen molar-refractivity contribution in [2.24, 2.45) is 0 Å². The van der Waals surface area contributed by atoms with Crippen molar-refractivity contribution in [3.63, 3.8) is 0 Å². The smallest absolute Gasteiger partial charge is 0.0703 e. The molecule has 2 saturated carbocycles. The van der Waals surface area contributed by atoms with Crippen LogP contribution in [-0.4, -0.2) is 17.0 Å². The van der Waals surface area contributed by atoms with Gasteiger partial charge in [0, 0.05) is 4.83 Å². The third kappa shape index (κ3) is 2.02. The van der Waals surface area contributed by atoms with Crippen LogP contribution in [0.5, 0.6) is 0 Å². The van der Waals surface area contributed by atoms with Crippen molar-refractivity contribution in [2.75, 3.05) is 0 Å². The third-order valence-electron chi connectivity index (χ3n) is 3.04. The van der Waals surface area contributed by atoms with Crippen molar-refractivity contribution in [3.8, 4) is 0 Å². The first kappa shape index (κ1) is 9.01. The van der Waals surface area contributed by atoms with Gasteiger partial charge in [-0.15, -0.1) is 0 Å². The second-order valence-electron chi connectivity index (χ2n) is 4.03. The number of ether oxygens (including phenoxy) is 1. The van der Waals surface area contributed by atoms with Crippen molar-refractivity contribution >= 4 is 15.9 Å². The van der Waals surface area contributed by atoms with Crippen LogP contribution in [0.25, 0.3) is 0 Å². The Hall–Kier alpha value is 0.440. The lowest BCUT2D eigenvalue weighted by molar-refractivity contribution is -0.0606. The van der Waals surface area contributed by atoms with E-state index in [0.717, 1.165) is 0 Å². The van der Waals surface area contributed by atoms with Crippen LogP contribution < -0.4 is 0 Å². The van der Waals surface area contributed by atoms with Crippen LogP contribution in [0.15, 0.2) is 0 Å². The van der Waals surface area contributed by atoms with Gasteiger partial charge in [-0.05, 0) is 32.1 Å². The molecule has 0 radical (unpaired) electrons. The number of alkyl halides is 1. The molecule has 0 aromatic rings. The Morgan fingerprint density at radius 1 is 0.917 bits per heavy atom. The predicted molar refractivity (Wildman–Crippen MR) is 53.7 cm³/mol. The topological polar surface area (TPSA) is 9.23 Å². The highest BCUT2D eigenvalue weighted by Gasteiger charge is 2.28. The maximum absolute atomic E-state index is 5.99. The average molecular weight is 233 g/mol. The van der Waals surface area contributed by atoms with Gasteiger partial charge in [-0.3, -0.25) is 0 Å². The largest absolute Gasteiger partial charge is 0.374 e. The molecule has 2 atom stereocenters. The summed E-state index contributed by atoms with van der Waals surface area (Å²) in [6, 6.07) is 0. The molecule has 0 N–H and O–H groups in total. The van der Waals surface area contributed by atoms with Gasteiger partial charge < -0.3 is 4.74 Å². The minimum Gasteiger partial charge on any atom is -0.374 e. The van der Waals surface area contributed by atoms with Crippen molar-refractivity contribution in [3.05, 3.63) is 0 Å². The van der Waals surface area contributed by atoms with Crippen LogP contribution in [-0.2, 0) is 4.74 Å². The molecular weight excluding hydrogens is 216 g/mol. The molecule has 2 fully saturated rings. The third-order valence-corrected chi connectivity index (χ3v) is 4.09. The molecule has 0 saturated heterocycles. The Labute approximate surface area is 83.0 Å². The molecule has 1 nitrogen and oxygen atoms in total. The SMILES string of the molecule is BrC1CCCCC1OC1CCC1. The molecule has 2 aliphatic rings. The van der Waals surface area contributed by atoms with E-state index >= 15 is 0 Å².